The van der Waals surface area contributed by atoms with Crippen molar-refractivity contribution in [3.05, 3.63) is 23.8 Å². The van der Waals surface area contributed by atoms with Crippen LogP contribution >= 0.6 is 0 Å². The van der Waals surface area contributed by atoms with Crippen LogP contribution in [-0.4, -0.2) is 39.6 Å². The molecule has 1 aromatic rings. The van der Waals surface area contributed by atoms with E-state index in [-0.39, 0.29) is 17.2 Å². The quantitative estimate of drug-likeness (QED) is 0.797. The van der Waals surface area contributed by atoms with Crippen LogP contribution in [0, 0.1) is 12.8 Å². The summed E-state index contributed by atoms with van der Waals surface area (Å²) in [5.74, 6) is -1.10. The summed E-state index contributed by atoms with van der Waals surface area (Å²) in [5, 5.41) is 9.18. The lowest BCUT2D eigenvalue weighted by Crippen LogP contribution is -2.41. The first-order chi connectivity index (χ1) is 10.0. The maximum Gasteiger partial charge on any atom is 0.321 e. The van der Waals surface area contributed by atoms with E-state index in [4.69, 9.17) is 0 Å². The smallest absolute Gasteiger partial charge is 0.321 e. The van der Waals surface area contributed by atoms with Gasteiger partial charge in [0, 0.05) is 19.8 Å². The molecular weight excluding hydrogens is 304 g/mol. The van der Waals surface area contributed by atoms with Crippen LogP contribution in [0.4, 0.5) is 5.69 Å². The number of sulfonamides is 1. The van der Waals surface area contributed by atoms with Crippen LogP contribution < -0.4 is 9.62 Å². The number of carboxylic acid groups (broad SMARTS) is 1. The van der Waals surface area contributed by atoms with Gasteiger partial charge in [0.15, 0.2) is 0 Å². The van der Waals surface area contributed by atoms with Gasteiger partial charge in [-0.3, -0.25) is 4.79 Å². The molecule has 22 heavy (non-hydrogen) atoms. The van der Waals surface area contributed by atoms with E-state index in [9.17, 15) is 18.3 Å². The van der Waals surface area contributed by atoms with E-state index in [0.29, 0.717) is 0 Å². The maximum absolute atomic E-state index is 12.4. The molecule has 0 radical (unpaired) electrons. The number of benzene rings is 1. The average Bonchev–Trinajstić information content (AvgIpc) is 2.36. The summed E-state index contributed by atoms with van der Waals surface area (Å²) >= 11 is 0. The minimum atomic E-state index is -3.88. The van der Waals surface area contributed by atoms with Crippen molar-refractivity contribution in [2.24, 2.45) is 5.92 Å². The predicted molar refractivity (Wildman–Crippen MR) is 86.7 cm³/mol. The zero-order chi connectivity index (χ0) is 17.1. The van der Waals surface area contributed by atoms with Gasteiger partial charge in [-0.05, 0) is 37.0 Å². The van der Waals surface area contributed by atoms with Crippen molar-refractivity contribution >= 4 is 21.7 Å². The number of aryl methyl sites for hydroxylation is 1. The van der Waals surface area contributed by atoms with Gasteiger partial charge in [-0.1, -0.05) is 19.9 Å². The highest BCUT2D eigenvalue weighted by atomic mass is 32.2. The van der Waals surface area contributed by atoms with Gasteiger partial charge < -0.3 is 10.0 Å². The Hall–Kier alpha value is -1.60. The zero-order valence-corrected chi connectivity index (χ0v) is 14.4. The molecule has 0 aromatic heterocycles. The second-order valence-electron chi connectivity index (χ2n) is 5.98. The third-order valence-corrected chi connectivity index (χ3v) is 4.74. The molecule has 0 bridgehead atoms. The molecule has 1 unspecified atom stereocenters. The highest BCUT2D eigenvalue weighted by Crippen LogP contribution is 2.22. The minimum Gasteiger partial charge on any atom is -0.480 e. The maximum atomic E-state index is 12.4. The van der Waals surface area contributed by atoms with Crippen molar-refractivity contribution in [3.8, 4) is 0 Å². The van der Waals surface area contributed by atoms with Crippen molar-refractivity contribution in [1.29, 1.82) is 0 Å². The largest absolute Gasteiger partial charge is 0.480 e. The van der Waals surface area contributed by atoms with E-state index in [0.717, 1.165) is 11.3 Å². The second kappa shape index (κ2) is 7.11. The molecule has 0 saturated carbocycles. The van der Waals surface area contributed by atoms with E-state index < -0.39 is 22.0 Å². The number of carbonyl (C=O) groups is 1. The molecule has 6 nitrogen and oxygen atoms in total. The van der Waals surface area contributed by atoms with E-state index in [1.165, 1.54) is 6.07 Å². The molecule has 0 heterocycles. The Labute approximate surface area is 132 Å². The zero-order valence-electron chi connectivity index (χ0n) is 13.6. The van der Waals surface area contributed by atoms with Gasteiger partial charge in [0.05, 0.1) is 4.90 Å². The van der Waals surface area contributed by atoms with Crippen LogP contribution in [0.15, 0.2) is 23.1 Å². The molecule has 0 spiro atoms. The van der Waals surface area contributed by atoms with Crippen molar-refractivity contribution in [1.82, 2.24) is 4.72 Å². The third kappa shape index (κ3) is 4.71. The summed E-state index contributed by atoms with van der Waals surface area (Å²) in [6.07, 6.45) is 0.237. The lowest BCUT2D eigenvalue weighted by Gasteiger charge is -2.19. The van der Waals surface area contributed by atoms with Gasteiger partial charge in [-0.2, -0.15) is 4.72 Å². The molecule has 1 rings (SSSR count). The van der Waals surface area contributed by atoms with E-state index in [1.54, 1.807) is 12.1 Å². The first-order valence-corrected chi connectivity index (χ1v) is 8.56. The number of anilines is 1. The highest BCUT2D eigenvalue weighted by Gasteiger charge is 2.26. The fourth-order valence-electron chi connectivity index (χ4n) is 2.16. The standard InChI is InChI=1S/C15H24N2O4S/c1-10(2)8-13(15(18)19)16-22(20,21)12-7-6-11(3)14(9-12)17(4)5/h6-7,9-10,13,16H,8H2,1-5H3,(H,18,19). The van der Waals surface area contributed by atoms with Gasteiger partial charge in [0.2, 0.25) is 10.0 Å². The van der Waals surface area contributed by atoms with Crippen molar-refractivity contribution in [3.63, 3.8) is 0 Å². The van der Waals surface area contributed by atoms with Crippen molar-refractivity contribution in [2.45, 2.75) is 38.1 Å². The Morgan fingerprint density at radius 2 is 1.91 bits per heavy atom. The number of carboxylic acids is 1. The Morgan fingerprint density at radius 1 is 1.32 bits per heavy atom. The third-order valence-electron chi connectivity index (χ3n) is 3.28. The number of hydrogen-bond acceptors (Lipinski definition) is 4. The first kappa shape index (κ1) is 18.4. The topological polar surface area (TPSA) is 86.7 Å². The fraction of sp³-hybridized carbons (Fsp3) is 0.533. The molecule has 0 aliphatic rings. The van der Waals surface area contributed by atoms with Gasteiger partial charge in [0.25, 0.3) is 0 Å². The van der Waals surface area contributed by atoms with Gasteiger partial charge in [-0.15, -0.1) is 0 Å². The summed E-state index contributed by atoms with van der Waals surface area (Å²) in [5.41, 5.74) is 1.72. The molecule has 0 amide bonds. The Kier molecular flexibility index (Phi) is 5.96. The fourth-order valence-corrected chi connectivity index (χ4v) is 3.39. The van der Waals surface area contributed by atoms with E-state index in [1.807, 2.05) is 39.8 Å². The molecule has 2 N–H and O–H groups in total. The van der Waals surface area contributed by atoms with Crippen LogP contribution in [-0.2, 0) is 14.8 Å². The molecule has 7 heteroatoms. The number of rotatable bonds is 7. The second-order valence-corrected chi connectivity index (χ2v) is 7.70. The lowest BCUT2D eigenvalue weighted by atomic mass is 10.1. The Balaban J connectivity index is 3.13. The molecule has 0 aliphatic heterocycles. The summed E-state index contributed by atoms with van der Waals surface area (Å²) in [4.78, 5) is 13.1. The van der Waals surface area contributed by atoms with Crippen molar-refractivity contribution < 1.29 is 18.3 Å². The highest BCUT2D eigenvalue weighted by molar-refractivity contribution is 7.89. The SMILES string of the molecule is Cc1ccc(S(=O)(=O)NC(CC(C)C)C(=O)O)cc1N(C)C. The number of nitrogens with zero attached hydrogens (tertiary/aromatic N) is 1. The Bertz CT molecular complexity index is 639. The summed E-state index contributed by atoms with van der Waals surface area (Å²) < 4.78 is 27.1. The molecule has 124 valence electrons. The summed E-state index contributed by atoms with van der Waals surface area (Å²) in [6, 6.07) is 3.61. The van der Waals surface area contributed by atoms with E-state index in [2.05, 4.69) is 4.72 Å². The van der Waals surface area contributed by atoms with Crippen LogP contribution in [0.5, 0.6) is 0 Å². The lowest BCUT2D eigenvalue weighted by molar-refractivity contribution is -0.139. The van der Waals surface area contributed by atoms with Gasteiger partial charge in [-0.25, -0.2) is 8.42 Å². The number of nitrogens with one attached hydrogen (secondary N) is 1. The molecule has 1 atom stereocenters. The molecular formula is C15H24N2O4S. The number of hydrogen-bond donors (Lipinski definition) is 2. The molecule has 1 aromatic carbocycles. The van der Waals surface area contributed by atoms with Crippen LogP contribution in [0.25, 0.3) is 0 Å². The Morgan fingerprint density at radius 3 is 2.36 bits per heavy atom. The van der Waals surface area contributed by atoms with Gasteiger partial charge in [0.1, 0.15) is 6.04 Å². The monoisotopic (exact) mass is 328 g/mol. The minimum absolute atomic E-state index is 0.0665. The molecule has 0 saturated heterocycles. The van der Waals surface area contributed by atoms with Crippen LogP contribution in [0.1, 0.15) is 25.8 Å². The van der Waals surface area contributed by atoms with Gasteiger partial charge >= 0.3 is 5.97 Å². The first-order valence-electron chi connectivity index (χ1n) is 7.07. The van der Waals surface area contributed by atoms with Crippen molar-refractivity contribution in [2.75, 3.05) is 19.0 Å². The normalized spacial score (nSPS) is 13.2. The number of aliphatic carboxylic acids is 1. The summed E-state index contributed by atoms with van der Waals surface area (Å²) in [6.45, 7) is 5.58. The van der Waals surface area contributed by atoms with Crippen LogP contribution in [0.3, 0.4) is 0 Å². The van der Waals surface area contributed by atoms with E-state index >= 15 is 0 Å². The van der Waals surface area contributed by atoms with Crippen LogP contribution in [0.2, 0.25) is 0 Å². The molecule has 0 fully saturated rings. The summed E-state index contributed by atoms with van der Waals surface area (Å²) in [7, 11) is -0.232. The average molecular weight is 328 g/mol. The molecule has 0 aliphatic carbocycles. The predicted octanol–water partition coefficient (Wildman–Crippen LogP) is 1.84.